The highest BCUT2D eigenvalue weighted by Crippen LogP contribution is 2.28. The first-order valence-corrected chi connectivity index (χ1v) is 12.8. The quantitative estimate of drug-likeness (QED) is 0.578. The Labute approximate surface area is 208 Å². The maximum atomic E-state index is 13.2. The van der Waals surface area contributed by atoms with Crippen LogP contribution in [0.3, 0.4) is 0 Å². The van der Waals surface area contributed by atoms with Crippen molar-refractivity contribution in [3.63, 3.8) is 0 Å². The molecule has 8 nitrogen and oxygen atoms in total. The Morgan fingerprint density at radius 2 is 1.83 bits per heavy atom. The number of morpholine rings is 1. The van der Waals surface area contributed by atoms with Crippen LogP contribution in [-0.4, -0.2) is 94.8 Å². The first kappa shape index (κ1) is 25.4. The maximum Gasteiger partial charge on any atom is 0.244 e. The van der Waals surface area contributed by atoms with Gasteiger partial charge in [0.15, 0.2) is 0 Å². The van der Waals surface area contributed by atoms with Gasteiger partial charge >= 0.3 is 0 Å². The maximum absolute atomic E-state index is 13.2. The van der Waals surface area contributed by atoms with Crippen molar-refractivity contribution in [2.75, 3.05) is 46.4 Å². The number of rotatable bonds is 8. The van der Waals surface area contributed by atoms with Crippen molar-refractivity contribution in [1.82, 2.24) is 24.5 Å². The fourth-order valence-electron chi connectivity index (χ4n) is 5.40. The predicted octanol–water partition coefficient (Wildman–Crippen LogP) is 2.22. The van der Waals surface area contributed by atoms with E-state index in [1.807, 2.05) is 36.0 Å². The summed E-state index contributed by atoms with van der Waals surface area (Å²) in [5.74, 6) is 0.611. The molecule has 2 fully saturated rings. The van der Waals surface area contributed by atoms with E-state index >= 15 is 0 Å². The van der Waals surface area contributed by atoms with E-state index in [9.17, 15) is 9.59 Å². The Morgan fingerprint density at radius 3 is 2.49 bits per heavy atom. The van der Waals surface area contributed by atoms with Gasteiger partial charge in [0, 0.05) is 51.7 Å². The van der Waals surface area contributed by atoms with Crippen molar-refractivity contribution >= 4 is 11.8 Å². The molecule has 35 heavy (non-hydrogen) atoms. The first-order valence-electron chi connectivity index (χ1n) is 12.8. The number of amides is 2. The highest BCUT2D eigenvalue weighted by Gasteiger charge is 2.35. The molecule has 0 spiro atoms. The number of likely N-dealkylation sites (N-methyl/N-ethyl adjacent to an activating group) is 1. The van der Waals surface area contributed by atoms with Crippen molar-refractivity contribution in [3.05, 3.63) is 53.9 Å². The summed E-state index contributed by atoms with van der Waals surface area (Å²) >= 11 is 0. The summed E-state index contributed by atoms with van der Waals surface area (Å²) in [5, 5.41) is 4.21. The molecular weight excluding hydrogens is 442 g/mol. The molecule has 1 aromatic carbocycles. The Morgan fingerprint density at radius 1 is 1.11 bits per heavy atom. The lowest BCUT2D eigenvalue weighted by Gasteiger charge is -2.42. The van der Waals surface area contributed by atoms with E-state index < -0.39 is 0 Å². The lowest BCUT2D eigenvalue weighted by molar-refractivity contribution is -0.141. The van der Waals surface area contributed by atoms with E-state index in [4.69, 9.17) is 4.74 Å². The predicted molar refractivity (Wildman–Crippen MR) is 135 cm³/mol. The van der Waals surface area contributed by atoms with Crippen molar-refractivity contribution < 1.29 is 14.3 Å². The molecule has 0 saturated carbocycles. The van der Waals surface area contributed by atoms with Crippen LogP contribution in [-0.2, 0) is 27.3 Å². The Kier molecular flexibility index (Phi) is 8.57. The summed E-state index contributed by atoms with van der Waals surface area (Å²) in [6.07, 6.45) is 6.14. The molecule has 190 valence electrons. The number of carbonyl (C=O) groups is 2. The summed E-state index contributed by atoms with van der Waals surface area (Å²) < 4.78 is 7.12. The fraction of sp³-hybridized carbons (Fsp3) is 0.593. The van der Waals surface area contributed by atoms with Gasteiger partial charge in [-0.3, -0.25) is 19.2 Å². The third-order valence-electron chi connectivity index (χ3n) is 7.78. The lowest BCUT2D eigenvalue weighted by Crippen LogP contribution is -2.54. The van der Waals surface area contributed by atoms with E-state index in [1.165, 1.54) is 11.1 Å². The average molecular weight is 482 g/mol. The summed E-state index contributed by atoms with van der Waals surface area (Å²) in [6.45, 7) is 8.87. The summed E-state index contributed by atoms with van der Waals surface area (Å²) in [5.41, 5.74) is 2.52. The van der Waals surface area contributed by atoms with Crippen molar-refractivity contribution in [2.24, 2.45) is 5.92 Å². The number of benzene rings is 1. The van der Waals surface area contributed by atoms with Crippen LogP contribution < -0.4 is 0 Å². The molecule has 0 N–H and O–H groups in total. The van der Waals surface area contributed by atoms with Gasteiger partial charge in [-0.05, 0) is 56.2 Å². The van der Waals surface area contributed by atoms with E-state index in [2.05, 4.69) is 41.2 Å². The number of hydrogen-bond donors (Lipinski definition) is 0. The first-order chi connectivity index (χ1) is 16.9. The van der Waals surface area contributed by atoms with E-state index in [0.29, 0.717) is 19.1 Å². The zero-order valence-electron chi connectivity index (χ0n) is 21.3. The third kappa shape index (κ3) is 6.30. The zero-order chi connectivity index (χ0) is 24.8. The van der Waals surface area contributed by atoms with Gasteiger partial charge in [-0.1, -0.05) is 24.3 Å². The number of nitrogens with zero attached hydrogens (tertiary/aromatic N) is 5. The van der Waals surface area contributed by atoms with Gasteiger partial charge in [-0.2, -0.15) is 5.10 Å². The average Bonchev–Trinajstić information content (AvgIpc) is 3.40. The largest absolute Gasteiger partial charge is 0.379 e. The van der Waals surface area contributed by atoms with Gasteiger partial charge in [0.05, 0.1) is 19.3 Å². The number of carbonyl (C=O) groups excluding carboxylic acids is 2. The Hall–Kier alpha value is -2.71. The van der Waals surface area contributed by atoms with Gasteiger partial charge < -0.3 is 14.5 Å². The third-order valence-corrected chi connectivity index (χ3v) is 7.78. The molecule has 3 heterocycles. The van der Waals surface area contributed by atoms with Gasteiger partial charge in [0.2, 0.25) is 11.8 Å². The number of aromatic nitrogens is 2. The van der Waals surface area contributed by atoms with E-state index in [1.54, 1.807) is 10.9 Å². The second kappa shape index (κ2) is 11.8. The van der Waals surface area contributed by atoms with Crippen LogP contribution in [0.15, 0.2) is 42.7 Å². The van der Waals surface area contributed by atoms with Crippen LogP contribution >= 0.6 is 0 Å². The van der Waals surface area contributed by atoms with Crippen LogP contribution in [0, 0.1) is 12.8 Å². The second-order valence-corrected chi connectivity index (χ2v) is 9.89. The number of aryl methyl sites for hydroxylation is 1. The van der Waals surface area contributed by atoms with Crippen LogP contribution in [0.1, 0.15) is 30.9 Å². The van der Waals surface area contributed by atoms with E-state index in [-0.39, 0.29) is 30.4 Å². The molecular formula is C27H39N5O3. The molecule has 2 saturated heterocycles. The topological polar surface area (TPSA) is 70.9 Å². The summed E-state index contributed by atoms with van der Waals surface area (Å²) in [6, 6.07) is 10.2. The van der Waals surface area contributed by atoms with Crippen molar-refractivity contribution in [2.45, 2.75) is 51.7 Å². The van der Waals surface area contributed by atoms with Crippen LogP contribution in [0.25, 0.3) is 0 Å². The number of likely N-dealkylation sites (tertiary alicyclic amines) is 1. The summed E-state index contributed by atoms with van der Waals surface area (Å²) in [7, 11) is 1.92. The SMILES string of the molecule is Cc1ccccc1C[C@@H](C1CCN(C(=O)[C@@H](C)N2CCOCC2)CC1)N(C)C(=O)Cn1cccn1. The lowest BCUT2D eigenvalue weighted by atomic mass is 9.84. The molecule has 0 radical (unpaired) electrons. The number of ether oxygens (including phenoxy) is 1. The molecule has 1 aromatic heterocycles. The smallest absolute Gasteiger partial charge is 0.244 e. The molecule has 2 amide bonds. The molecule has 2 aliphatic heterocycles. The normalized spacial score (nSPS) is 19.3. The van der Waals surface area contributed by atoms with Crippen LogP contribution in [0.5, 0.6) is 0 Å². The molecule has 2 aliphatic rings. The minimum atomic E-state index is -0.114. The fourth-order valence-corrected chi connectivity index (χ4v) is 5.40. The highest BCUT2D eigenvalue weighted by atomic mass is 16.5. The molecule has 4 rings (SSSR count). The van der Waals surface area contributed by atoms with Crippen molar-refractivity contribution in [1.29, 1.82) is 0 Å². The number of hydrogen-bond acceptors (Lipinski definition) is 5. The molecule has 0 bridgehead atoms. The highest BCUT2D eigenvalue weighted by molar-refractivity contribution is 5.81. The van der Waals surface area contributed by atoms with Gasteiger partial charge in [-0.25, -0.2) is 0 Å². The number of piperidine rings is 1. The Bertz CT molecular complexity index is 965. The molecule has 8 heteroatoms. The van der Waals surface area contributed by atoms with Gasteiger partial charge in [0.25, 0.3) is 0 Å². The van der Waals surface area contributed by atoms with Crippen LogP contribution in [0.4, 0.5) is 0 Å². The minimum Gasteiger partial charge on any atom is -0.379 e. The minimum absolute atomic E-state index is 0.0618. The molecule has 0 unspecified atom stereocenters. The zero-order valence-corrected chi connectivity index (χ0v) is 21.3. The standard InChI is InChI=1S/C27H39N5O3/c1-21-7-4-5-8-24(21)19-25(29(3)26(33)20-32-12-6-11-28-32)23-9-13-31(14-10-23)27(34)22(2)30-15-17-35-18-16-30/h4-8,11-12,22-23,25H,9-10,13-20H2,1-3H3/t22-,25+/m1/s1. The van der Waals surface area contributed by atoms with Gasteiger partial charge in [0.1, 0.15) is 6.54 Å². The van der Waals surface area contributed by atoms with Gasteiger partial charge in [-0.15, -0.1) is 0 Å². The molecule has 0 aliphatic carbocycles. The van der Waals surface area contributed by atoms with Crippen molar-refractivity contribution in [3.8, 4) is 0 Å². The Balaban J connectivity index is 1.42. The van der Waals surface area contributed by atoms with E-state index in [0.717, 1.165) is 45.4 Å². The second-order valence-electron chi connectivity index (χ2n) is 9.89. The molecule has 2 atom stereocenters. The van der Waals surface area contributed by atoms with Crippen LogP contribution in [0.2, 0.25) is 0 Å². The monoisotopic (exact) mass is 481 g/mol. The summed E-state index contributed by atoms with van der Waals surface area (Å²) in [4.78, 5) is 32.6. The molecule has 2 aromatic rings.